The van der Waals surface area contributed by atoms with E-state index in [0.29, 0.717) is 6.42 Å². The molecule has 0 saturated carbocycles. The van der Waals surface area contributed by atoms with Crippen LogP contribution in [0, 0.1) is 0 Å². The van der Waals surface area contributed by atoms with Crippen molar-refractivity contribution >= 4 is 23.2 Å². The van der Waals surface area contributed by atoms with E-state index in [1.807, 2.05) is 48.8 Å². The van der Waals surface area contributed by atoms with Crippen LogP contribution < -0.4 is 5.32 Å². The molecule has 0 spiro atoms. The zero-order chi connectivity index (χ0) is 16.2. The number of hydrogen-bond donors (Lipinski definition) is 1. The summed E-state index contributed by atoms with van der Waals surface area (Å²) in [7, 11) is 0. The van der Waals surface area contributed by atoms with Crippen molar-refractivity contribution in [3.63, 3.8) is 0 Å². The second kappa shape index (κ2) is 6.60. The van der Waals surface area contributed by atoms with E-state index in [-0.39, 0.29) is 0 Å². The van der Waals surface area contributed by atoms with E-state index in [2.05, 4.69) is 5.32 Å². The SMILES string of the molecule is CC(C)(C)OC(=O)N[C@@H]([C]=O)Cc1ccc2ccccc2c1. The molecule has 2 aromatic rings. The fraction of sp³-hybridized carbons (Fsp3) is 0.333. The zero-order valence-electron chi connectivity index (χ0n) is 13.1. The van der Waals surface area contributed by atoms with Crippen LogP contribution in [0.5, 0.6) is 0 Å². The lowest BCUT2D eigenvalue weighted by Gasteiger charge is -2.21. The van der Waals surface area contributed by atoms with Gasteiger partial charge >= 0.3 is 6.09 Å². The number of carbonyl (C=O) groups is 1. The van der Waals surface area contributed by atoms with Crippen molar-refractivity contribution in [2.75, 3.05) is 0 Å². The number of amides is 1. The van der Waals surface area contributed by atoms with Gasteiger partial charge in [-0.2, -0.15) is 0 Å². The Balaban J connectivity index is 2.05. The first-order valence-electron chi connectivity index (χ1n) is 7.22. The second-order valence-electron chi connectivity index (χ2n) is 6.20. The molecule has 4 heteroatoms. The van der Waals surface area contributed by atoms with Gasteiger partial charge in [-0.05, 0) is 37.1 Å². The van der Waals surface area contributed by atoms with Crippen LogP contribution in [-0.4, -0.2) is 24.0 Å². The summed E-state index contributed by atoms with van der Waals surface area (Å²) in [5.74, 6) is 0. The molecule has 0 heterocycles. The van der Waals surface area contributed by atoms with Gasteiger partial charge < -0.3 is 10.1 Å². The van der Waals surface area contributed by atoms with Gasteiger partial charge in [-0.15, -0.1) is 0 Å². The fourth-order valence-electron chi connectivity index (χ4n) is 2.17. The van der Waals surface area contributed by atoms with Gasteiger partial charge in [0.2, 0.25) is 6.29 Å². The molecular weight excluding hydrogens is 278 g/mol. The van der Waals surface area contributed by atoms with Gasteiger partial charge in [0.1, 0.15) is 11.6 Å². The minimum absolute atomic E-state index is 0.383. The smallest absolute Gasteiger partial charge is 0.408 e. The van der Waals surface area contributed by atoms with Crippen molar-refractivity contribution in [3.8, 4) is 0 Å². The third-order valence-electron chi connectivity index (χ3n) is 3.09. The van der Waals surface area contributed by atoms with Gasteiger partial charge in [-0.3, -0.25) is 4.79 Å². The van der Waals surface area contributed by atoms with E-state index < -0.39 is 17.7 Å². The average molecular weight is 298 g/mol. The highest BCUT2D eigenvalue weighted by Crippen LogP contribution is 2.16. The molecule has 1 N–H and O–H groups in total. The molecule has 0 aromatic heterocycles. The number of fused-ring (bicyclic) bond motifs is 1. The second-order valence-corrected chi connectivity index (χ2v) is 6.20. The number of rotatable bonds is 4. The van der Waals surface area contributed by atoms with E-state index >= 15 is 0 Å². The first-order chi connectivity index (χ1) is 10.4. The molecule has 115 valence electrons. The Morgan fingerprint density at radius 2 is 1.86 bits per heavy atom. The Morgan fingerprint density at radius 1 is 1.18 bits per heavy atom. The summed E-state index contributed by atoms with van der Waals surface area (Å²) in [6.45, 7) is 5.32. The first kappa shape index (κ1) is 16.0. The Kier molecular flexibility index (Phi) is 4.81. The fourth-order valence-corrected chi connectivity index (χ4v) is 2.17. The number of alkyl carbamates (subject to hydrolysis) is 1. The predicted octanol–water partition coefficient (Wildman–Crippen LogP) is 3.39. The summed E-state index contributed by atoms with van der Waals surface area (Å²) in [6, 6.07) is 13.2. The van der Waals surface area contributed by atoms with Crippen molar-refractivity contribution in [1.82, 2.24) is 5.32 Å². The highest BCUT2D eigenvalue weighted by atomic mass is 16.6. The van der Waals surface area contributed by atoms with E-state index in [9.17, 15) is 9.59 Å². The first-order valence-corrected chi connectivity index (χ1v) is 7.22. The number of hydrogen-bond acceptors (Lipinski definition) is 3. The number of nitrogens with one attached hydrogen (secondary N) is 1. The van der Waals surface area contributed by atoms with Crippen molar-refractivity contribution in [2.24, 2.45) is 0 Å². The predicted molar refractivity (Wildman–Crippen MR) is 86.5 cm³/mol. The van der Waals surface area contributed by atoms with Crippen LogP contribution in [0.3, 0.4) is 0 Å². The van der Waals surface area contributed by atoms with Crippen molar-refractivity contribution < 1.29 is 14.3 Å². The van der Waals surface area contributed by atoms with Gasteiger partial charge in [0.15, 0.2) is 0 Å². The summed E-state index contributed by atoms with van der Waals surface area (Å²) in [4.78, 5) is 22.8. The minimum Gasteiger partial charge on any atom is -0.444 e. The van der Waals surface area contributed by atoms with Gasteiger partial charge in [0.05, 0.1) is 0 Å². The highest BCUT2D eigenvalue weighted by Gasteiger charge is 2.19. The summed E-state index contributed by atoms with van der Waals surface area (Å²) < 4.78 is 5.15. The van der Waals surface area contributed by atoms with Crippen molar-refractivity contribution in [2.45, 2.75) is 38.8 Å². The third kappa shape index (κ3) is 4.58. The maximum atomic E-state index is 11.7. The van der Waals surface area contributed by atoms with Crippen molar-refractivity contribution in [3.05, 3.63) is 48.0 Å². The van der Waals surface area contributed by atoms with E-state index in [4.69, 9.17) is 4.74 Å². The lowest BCUT2D eigenvalue weighted by Crippen LogP contribution is -2.41. The molecule has 0 fully saturated rings. The van der Waals surface area contributed by atoms with Gasteiger partial charge in [0.25, 0.3) is 0 Å². The maximum absolute atomic E-state index is 11.7. The largest absolute Gasteiger partial charge is 0.444 e. The molecule has 0 aliphatic rings. The normalized spacial score (nSPS) is 12.7. The topological polar surface area (TPSA) is 55.4 Å². The molecule has 2 aromatic carbocycles. The quantitative estimate of drug-likeness (QED) is 0.941. The molecular formula is C18H20NO3. The van der Waals surface area contributed by atoms with Gasteiger partial charge in [0, 0.05) is 6.42 Å². The van der Waals surface area contributed by atoms with E-state index in [1.54, 1.807) is 20.8 Å². The monoisotopic (exact) mass is 298 g/mol. The zero-order valence-corrected chi connectivity index (χ0v) is 13.1. The molecule has 22 heavy (non-hydrogen) atoms. The van der Waals surface area contributed by atoms with Crippen LogP contribution in [-0.2, 0) is 16.0 Å². The van der Waals surface area contributed by atoms with Crippen LogP contribution in [0.1, 0.15) is 26.3 Å². The number of ether oxygens (including phenoxy) is 1. The van der Waals surface area contributed by atoms with E-state index in [0.717, 1.165) is 16.3 Å². The highest BCUT2D eigenvalue weighted by molar-refractivity contribution is 5.83. The molecule has 1 atom stereocenters. The molecule has 1 radical (unpaired) electrons. The summed E-state index contributed by atoms with van der Waals surface area (Å²) in [6.07, 6.45) is 1.63. The van der Waals surface area contributed by atoms with Crippen molar-refractivity contribution in [1.29, 1.82) is 0 Å². The van der Waals surface area contributed by atoms with Gasteiger partial charge in [-0.25, -0.2) is 4.79 Å². The van der Waals surface area contributed by atoms with Gasteiger partial charge in [-0.1, -0.05) is 42.5 Å². The third-order valence-corrected chi connectivity index (χ3v) is 3.09. The molecule has 0 unspecified atom stereocenters. The molecule has 4 nitrogen and oxygen atoms in total. The Labute approximate surface area is 130 Å². The van der Waals surface area contributed by atoms with E-state index in [1.165, 1.54) is 0 Å². The molecule has 0 aliphatic carbocycles. The minimum atomic E-state index is -0.726. The molecule has 2 rings (SSSR count). The molecule has 0 saturated heterocycles. The van der Waals surface area contributed by atoms with Crippen LogP contribution in [0.2, 0.25) is 0 Å². The van der Waals surface area contributed by atoms with Crippen LogP contribution >= 0.6 is 0 Å². The summed E-state index contributed by atoms with van der Waals surface area (Å²) in [5, 5.41) is 4.77. The number of carbonyl (C=O) groups excluding carboxylic acids is 2. The van der Waals surface area contributed by atoms with Crippen LogP contribution in [0.4, 0.5) is 4.79 Å². The Morgan fingerprint density at radius 3 is 2.50 bits per heavy atom. The Bertz CT molecular complexity index is 673. The van der Waals surface area contributed by atoms with Crippen LogP contribution in [0.15, 0.2) is 42.5 Å². The molecule has 0 bridgehead atoms. The maximum Gasteiger partial charge on any atom is 0.408 e. The number of benzene rings is 2. The lowest BCUT2D eigenvalue weighted by molar-refractivity contribution is 0.0517. The standard InChI is InChI=1S/C18H20NO3/c1-18(2,3)22-17(21)19-16(12-20)11-13-8-9-14-6-4-5-7-15(14)10-13/h4-10,16H,11H2,1-3H3,(H,19,21)/t16-/m1/s1. The lowest BCUT2D eigenvalue weighted by atomic mass is 10.0. The van der Waals surface area contributed by atoms with Crippen LogP contribution in [0.25, 0.3) is 10.8 Å². The summed E-state index contributed by atoms with van der Waals surface area (Å²) >= 11 is 0. The Hall–Kier alpha value is -2.36. The summed E-state index contributed by atoms with van der Waals surface area (Å²) in [5.41, 5.74) is 0.364. The molecule has 1 amide bonds. The average Bonchev–Trinajstić information content (AvgIpc) is 2.44. The molecule has 0 aliphatic heterocycles.